The van der Waals surface area contributed by atoms with Crippen LogP contribution in [0.5, 0.6) is 0 Å². The molecule has 0 heterocycles. The van der Waals surface area contributed by atoms with Gasteiger partial charge in [0, 0.05) is 12.7 Å². The summed E-state index contributed by atoms with van der Waals surface area (Å²) in [6.45, 7) is 1.75. The second kappa shape index (κ2) is 4.74. The lowest BCUT2D eigenvalue weighted by Crippen LogP contribution is -2.02. The number of carbonyl (C=O) groups excluding carboxylic acids is 1. The van der Waals surface area contributed by atoms with E-state index in [1.54, 1.807) is 6.92 Å². The van der Waals surface area contributed by atoms with Crippen LogP contribution in [0.25, 0.3) is 0 Å². The Labute approximate surface area is 94.2 Å². The highest BCUT2D eigenvalue weighted by molar-refractivity contribution is 7.90. The molecule has 0 N–H and O–H groups in total. The average molecular weight is 244 g/mol. The number of carbonyl (C=O) groups is 1. The van der Waals surface area contributed by atoms with Gasteiger partial charge in [0.15, 0.2) is 9.84 Å². The maximum Gasteiger partial charge on any atom is 0.175 e. The summed E-state index contributed by atoms with van der Waals surface area (Å²) in [6, 6.07) is 3.64. The molecule has 0 aliphatic rings. The fraction of sp³-hybridized carbons (Fsp3) is 0.364. The molecule has 1 unspecified atom stereocenters. The summed E-state index contributed by atoms with van der Waals surface area (Å²) in [5.74, 6) is -0.788. The molecule has 0 aromatic heterocycles. The smallest absolute Gasteiger partial charge is 0.175 e. The van der Waals surface area contributed by atoms with E-state index in [0.29, 0.717) is 5.56 Å². The van der Waals surface area contributed by atoms with Crippen molar-refractivity contribution in [1.29, 1.82) is 0 Å². The van der Waals surface area contributed by atoms with Crippen LogP contribution in [0.15, 0.2) is 23.1 Å². The minimum Gasteiger partial charge on any atom is -0.303 e. The van der Waals surface area contributed by atoms with Gasteiger partial charge in [-0.2, -0.15) is 0 Å². The Bertz CT molecular complexity index is 494. The van der Waals surface area contributed by atoms with Gasteiger partial charge in [0.05, 0.1) is 4.90 Å². The lowest BCUT2D eigenvalue weighted by atomic mass is 9.98. The van der Waals surface area contributed by atoms with Crippen molar-refractivity contribution >= 4 is 16.1 Å². The number of benzene rings is 1. The normalized spacial score (nSPS) is 13.4. The van der Waals surface area contributed by atoms with E-state index < -0.39 is 15.7 Å². The molecule has 0 fully saturated rings. The van der Waals surface area contributed by atoms with Gasteiger partial charge >= 0.3 is 0 Å². The molecule has 1 rings (SSSR count). The largest absolute Gasteiger partial charge is 0.303 e. The monoisotopic (exact) mass is 244 g/mol. The van der Waals surface area contributed by atoms with E-state index >= 15 is 0 Å². The van der Waals surface area contributed by atoms with Crippen molar-refractivity contribution < 1.29 is 17.6 Å². The molecule has 1 aromatic rings. The van der Waals surface area contributed by atoms with Crippen molar-refractivity contribution in [2.45, 2.75) is 24.2 Å². The van der Waals surface area contributed by atoms with Crippen molar-refractivity contribution in [3.8, 4) is 0 Å². The molecular weight excluding hydrogens is 231 g/mol. The second-order valence-corrected chi connectivity index (χ2v) is 5.81. The first kappa shape index (κ1) is 12.8. The van der Waals surface area contributed by atoms with Gasteiger partial charge in [0.25, 0.3) is 0 Å². The zero-order chi connectivity index (χ0) is 12.3. The molecule has 16 heavy (non-hydrogen) atoms. The zero-order valence-electron chi connectivity index (χ0n) is 9.10. The molecule has 3 nitrogen and oxygen atoms in total. The van der Waals surface area contributed by atoms with E-state index in [1.807, 2.05) is 0 Å². The Kier molecular flexibility index (Phi) is 3.80. The second-order valence-electron chi connectivity index (χ2n) is 3.80. The maximum absolute atomic E-state index is 13.2. The minimum absolute atomic E-state index is 0.0553. The number of aldehydes is 1. The van der Waals surface area contributed by atoms with Gasteiger partial charge in [0.2, 0.25) is 0 Å². The number of sulfone groups is 1. The van der Waals surface area contributed by atoms with E-state index in [-0.39, 0.29) is 17.2 Å². The van der Waals surface area contributed by atoms with Gasteiger partial charge < -0.3 is 4.79 Å². The van der Waals surface area contributed by atoms with Crippen molar-refractivity contribution in [3.63, 3.8) is 0 Å². The third-order valence-corrected chi connectivity index (χ3v) is 3.43. The molecular formula is C11H13FO3S. The van der Waals surface area contributed by atoms with Crippen LogP contribution >= 0.6 is 0 Å². The fourth-order valence-corrected chi connectivity index (χ4v) is 2.04. The first-order valence-electron chi connectivity index (χ1n) is 4.78. The third-order valence-electron chi connectivity index (χ3n) is 2.34. The van der Waals surface area contributed by atoms with Crippen LogP contribution in [0.1, 0.15) is 24.8 Å². The molecule has 0 spiro atoms. The van der Waals surface area contributed by atoms with Crippen LogP contribution in [0.4, 0.5) is 4.39 Å². The van der Waals surface area contributed by atoms with Gasteiger partial charge in [-0.1, -0.05) is 6.92 Å². The highest BCUT2D eigenvalue weighted by Crippen LogP contribution is 2.22. The summed E-state index contributed by atoms with van der Waals surface area (Å²) in [5.41, 5.74) is 0.521. The van der Waals surface area contributed by atoms with Gasteiger partial charge in [-0.25, -0.2) is 12.8 Å². The standard InChI is InChI=1S/C11H13FO3S/c1-8(3-4-13)9-5-10(12)7-11(6-9)16(2,14)15/h4-8H,3H2,1-2H3. The van der Waals surface area contributed by atoms with Crippen LogP contribution in [0, 0.1) is 5.82 Å². The summed E-state index contributed by atoms with van der Waals surface area (Å²) < 4.78 is 35.8. The predicted molar refractivity (Wildman–Crippen MR) is 58.6 cm³/mol. The van der Waals surface area contributed by atoms with Gasteiger partial charge in [0.1, 0.15) is 12.1 Å². The summed E-state index contributed by atoms with van der Waals surface area (Å²) in [4.78, 5) is 10.3. The number of hydrogen-bond acceptors (Lipinski definition) is 3. The van der Waals surface area contributed by atoms with Gasteiger partial charge in [-0.05, 0) is 29.7 Å². The van der Waals surface area contributed by atoms with E-state index in [1.165, 1.54) is 12.1 Å². The summed E-state index contributed by atoms with van der Waals surface area (Å²) in [7, 11) is -3.42. The summed E-state index contributed by atoms with van der Waals surface area (Å²) >= 11 is 0. The van der Waals surface area contributed by atoms with Gasteiger partial charge in [-0.15, -0.1) is 0 Å². The summed E-state index contributed by atoms with van der Waals surface area (Å²) in [5, 5.41) is 0. The van der Waals surface area contributed by atoms with E-state index in [0.717, 1.165) is 18.6 Å². The van der Waals surface area contributed by atoms with Gasteiger partial charge in [-0.3, -0.25) is 0 Å². The Morgan fingerprint density at radius 3 is 2.50 bits per heavy atom. The fourth-order valence-electron chi connectivity index (χ4n) is 1.36. The zero-order valence-corrected chi connectivity index (χ0v) is 9.92. The molecule has 0 radical (unpaired) electrons. The quantitative estimate of drug-likeness (QED) is 0.760. The van der Waals surface area contributed by atoms with Crippen LogP contribution in [-0.2, 0) is 14.6 Å². The highest BCUT2D eigenvalue weighted by Gasteiger charge is 2.13. The molecule has 1 atom stereocenters. The first-order valence-corrected chi connectivity index (χ1v) is 6.68. The Hall–Kier alpha value is -1.23. The summed E-state index contributed by atoms with van der Waals surface area (Å²) in [6.07, 6.45) is 2.00. The molecule has 0 amide bonds. The van der Waals surface area contributed by atoms with Crippen LogP contribution < -0.4 is 0 Å². The maximum atomic E-state index is 13.2. The van der Waals surface area contributed by atoms with E-state index in [9.17, 15) is 17.6 Å². The average Bonchev–Trinajstić information content (AvgIpc) is 2.16. The van der Waals surface area contributed by atoms with Crippen molar-refractivity contribution in [2.75, 3.05) is 6.26 Å². The lowest BCUT2D eigenvalue weighted by molar-refractivity contribution is -0.108. The third kappa shape index (κ3) is 3.13. The van der Waals surface area contributed by atoms with E-state index in [4.69, 9.17) is 0 Å². The number of halogens is 1. The predicted octanol–water partition coefficient (Wildman–Crippen LogP) is 1.92. The molecule has 5 heteroatoms. The number of rotatable bonds is 4. The Morgan fingerprint density at radius 2 is 2.00 bits per heavy atom. The van der Waals surface area contributed by atoms with Crippen molar-refractivity contribution in [2.24, 2.45) is 0 Å². The molecule has 0 aliphatic heterocycles. The molecule has 0 saturated carbocycles. The Morgan fingerprint density at radius 1 is 1.38 bits per heavy atom. The molecule has 1 aromatic carbocycles. The van der Waals surface area contributed by atoms with Crippen LogP contribution in [-0.4, -0.2) is 21.0 Å². The highest BCUT2D eigenvalue weighted by atomic mass is 32.2. The van der Waals surface area contributed by atoms with E-state index in [2.05, 4.69) is 0 Å². The van der Waals surface area contributed by atoms with Crippen molar-refractivity contribution in [3.05, 3.63) is 29.6 Å². The molecule has 0 saturated heterocycles. The first-order chi connectivity index (χ1) is 7.34. The minimum atomic E-state index is -3.42. The van der Waals surface area contributed by atoms with Crippen LogP contribution in [0.3, 0.4) is 0 Å². The number of hydrogen-bond donors (Lipinski definition) is 0. The molecule has 88 valence electrons. The van der Waals surface area contributed by atoms with Crippen molar-refractivity contribution in [1.82, 2.24) is 0 Å². The molecule has 0 bridgehead atoms. The SMILES string of the molecule is CC(CC=O)c1cc(F)cc(S(C)(=O)=O)c1. The Balaban J connectivity index is 3.23. The topological polar surface area (TPSA) is 51.2 Å². The van der Waals surface area contributed by atoms with Crippen LogP contribution in [0.2, 0.25) is 0 Å². The molecule has 0 aliphatic carbocycles. The lowest BCUT2D eigenvalue weighted by Gasteiger charge is -2.10.